The second-order valence-corrected chi connectivity index (χ2v) is 7.78. The van der Waals surface area contributed by atoms with Gasteiger partial charge in [-0.2, -0.15) is 36.7 Å². The number of halogens is 7. The number of amides is 2. The Hall–Kier alpha value is -4.05. The van der Waals surface area contributed by atoms with E-state index in [-0.39, 0.29) is 38.1 Å². The predicted octanol–water partition coefficient (Wildman–Crippen LogP) is 5.36. The van der Waals surface area contributed by atoms with Crippen molar-refractivity contribution >= 4 is 29.1 Å². The lowest BCUT2D eigenvalue weighted by Crippen LogP contribution is -2.24. The largest absolute Gasteiger partial charge is 0.435 e. The van der Waals surface area contributed by atoms with Gasteiger partial charge in [0.2, 0.25) is 0 Å². The monoisotopic (exact) mass is 529 g/mol. The van der Waals surface area contributed by atoms with Crippen molar-refractivity contribution in [3.8, 4) is 11.8 Å². The van der Waals surface area contributed by atoms with Crippen LogP contribution in [0.2, 0.25) is 5.02 Å². The van der Waals surface area contributed by atoms with E-state index < -0.39 is 46.8 Å². The van der Waals surface area contributed by atoms with Crippen LogP contribution in [0.1, 0.15) is 43.2 Å². The van der Waals surface area contributed by atoms with Crippen molar-refractivity contribution in [3.63, 3.8) is 0 Å². The lowest BCUT2D eigenvalue weighted by atomic mass is 10.0. The molecule has 0 spiro atoms. The van der Waals surface area contributed by atoms with Crippen LogP contribution in [0.5, 0.6) is 0 Å². The van der Waals surface area contributed by atoms with Gasteiger partial charge in [-0.3, -0.25) is 9.59 Å². The summed E-state index contributed by atoms with van der Waals surface area (Å²) in [5.74, 6) is -2.02. The quantitative estimate of drug-likeness (QED) is 0.445. The standard InChI is InChI=1S/C22H14ClF6N5O2/c1-10-5-11(9-30)6-13(19(35)31-2)18(10)32-20(36)16-8-17(22(27,28)29)33-34(16)15-4-3-12(23)7-14(15)21(24,25)26/h3-8H,1-2H3,(H,31,35)(H,32,36). The highest BCUT2D eigenvalue weighted by Gasteiger charge is 2.39. The first-order chi connectivity index (χ1) is 16.7. The highest BCUT2D eigenvalue weighted by molar-refractivity contribution is 6.30. The highest BCUT2D eigenvalue weighted by Crippen LogP contribution is 2.37. The van der Waals surface area contributed by atoms with Crippen molar-refractivity contribution in [1.82, 2.24) is 15.1 Å². The predicted molar refractivity (Wildman–Crippen MR) is 116 cm³/mol. The van der Waals surface area contributed by atoms with Crippen molar-refractivity contribution < 1.29 is 35.9 Å². The Kier molecular flexibility index (Phi) is 7.04. The van der Waals surface area contributed by atoms with E-state index in [0.29, 0.717) is 6.07 Å². The molecule has 0 bridgehead atoms. The lowest BCUT2D eigenvalue weighted by Gasteiger charge is -2.17. The third-order valence-corrected chi connectivity index (χ3v) is 5.13. The Bertz CT molecular complexity index is 1410. The van der Waals surface area contributed by atoms with Crippen LogP contribution in [0, 0.1) is 18.3 Å². The molecular formula is C22H14ClF6N5O2. The maximum atomic E-state index is 13.6. The average molecular weight is 530 g/mol. The minimum absolute atomic E-state index is 0.0597. The lowest BCUT2D eigenvalue weighted by molar-refractivity contribution is -0.141. The van der Waals surface area contributed by atoms with Gasteiger partial charge in [-0.15, -0.1) is 0 Å². The van der Waals surface area contributed by atoms with E-state index in [9.17, 15) is 35.9 Å². The van der Waals surface area contributed by atoms with Crippen molar-refractivity contribution in [3.05, 3.63) is 75.1 Å². The number of carbonyl (C=O) groups is 2. The molecule has 1 aromatic heterocycles. The van der Waals surface area contributed by atoms with Crippen LogP contribution in [0.4, 0.5) is 32.0 Å². The number of aromatic nitrogens is 2. The molecule has 36 heavy (non-hydrogen) atoms. The Morgan fingerprint density at radius 2 is 1.69 bits per heavy atom. The molecule has 2 aromatic carbocycles. The van der Waals surface area contributed by atoms with E-state index in [2.05, 4.69) is 15.7 Å². The molecular weight excluding hydrogens is 516 g/mol. The molecule has 0 saturated heterocycles. The van der Waals surface area contributed by atoms with E-state index >= 15 is 0 Å². The van der Waals surface area contributed by atoms with E-state index in [4.69, 9.17) is 16.9 Å². The minimum atomic E-state index is -5.09. The summed E-state index contributed by atoms with van der Waals surface area (Å²) >= 11 is 5.65. The van der Waals surface area contributed by atoms with Crippen molar-refractivity contribution in [2.75, 3.05) is 12.4 Å². The zero-order valence-corrected chi connectivity index (χ0v) is 19.0. The molecule has 0 fully saturated rings. The maximum Gasteiger partial charge on any atom is 0.435 e. The third kappa shape index (κ3) is 5.28. The van der Waals surface area contributed by atoms with Crippen LogP contribution >= 0.6 is 11.6 Å². The SMILES string of the molecule is CNC(=O)c1cc(C#N)cc(C)c1NC(=O)c1cc(C(F)(F)F)nn1-c1ccc(Cl)cc1C(F)(F)F. The van der Waals surface area contributed by atoms with E-state index in [1.54, 1.807) is 0 Å². The smallest absolute Gasteiger partial charge is 0.355 e. The molecule has 188 valence electrons. The second-order valence-electron chi connectivity index (χ2n) is 7.34. The second kappa shape index (κ2) is 9.54. The molecule has 3 aromatic rings. The maximum absolute atomic E-state index is 13.6. The molecule has 2 amide bonds. The fraction of sp³-hybridized carbons (Fsp3) is 0.182. The van der Waals surface area contributed by atoms with Crippen LogP contribution in [0.15, 0.2) is 36.4 Å². The molecule has 1 heterocycles. The topological polar surface area (TPSA) is 99.8 Å². The van der Waals surface area contributed by atoms with E-state index in [0.717, 1.165) is 18.2 Å². The fourth-order valence-electron chi connectivity index (χ4n) is 3.29. The molecule has 0 aliphatic carbocycles. The number of aryl methyl sites for hydroxylation is 1. The van der Waals surface area contributed by atoms with Crippen molar-refractivity contribution in [2.24, 2.45) is 0 Å². The Morgan fingerprint density at radius 1 is 1.03 bits per heavy atom. The number of carbonyl (C=O) groups excluding carboxylic acids is 2. The molecule has 7 nitrogen and oxygen atoms in total. The van der Waals surface area contributed by atoms with Gasteiger partial charge in [0.1, 0.15) is 5.69 Å². The number of nitriles is 1. The van der Waals surface area contributed by atoms with Crippen LogP contribution in [-0.4, -0.2) is 28.6 Å². The molecule has 0 saturated carbocycles. The van der Waals surface area contributed by atoms with Gasteiger partial charge in [-0.1, -0.05) is 11.6 Å². The average Bonchev–Trinajstić information content (AvgIpc) is 3.25. The number of nitrogens with zero attached hydrogens (tertiary/aromatic N) is 3. The number of nitrogens with one attached hydrogen (secondary N) is 2. The van der Waals surface area contributed by atoms with Crippen LogP contribution in [0.3, 0.4) is 0 Å². The first kappa shape index (κ1) is 26.6. The van der Waals surface area contributed by atoms with Crippen molar-refractivity contribution in [2.45, 2.75) is 19.3 Å². The van der Waals surface area contributed by atoms with Crippen LogP contribution in [-0.2, 0) is 12.4 Å². The first-order valence-electron chi connectivity index (χ1n) is 9.80. The molecule has 0 radical (unpaired) electrons. The molecule has 3 rings (SSSR count). The zero-order valence-electron chi connectivity index (χ0n) is 18.3. The van der Waals surface area contributed by atoms with Crippen molar-refractivity contribution in [1.29, 1.82) is 5.26 Å². The highest BCUT2D eigenvalue weighted by atomic mass is 35.5. The summed E-state index contributed by atoms with van der Waals surface area (Å²) < 4.78 is 81.4. The number of benzene rings is 2. The minimum Gasteiger partial charge on any atom is -0.355 e. The summed E-state index contributed by atoms with van der Waals surface area (Å²) in [6.45, 7) is 1.42. The molecule has 14 heteroatoms. The van der Waals surface area contributed by atoms with Gasteiger partial charge in [0.25, 0.3) is 11.8 Å². The van der Waals surface area contributed by atoms with Gasteiger partial charge in [0.05, 0.1) is 34.1 Å². The summed E-state index contributed by atoms with van der Waals surface area (Å²) in [5, 5.41) is 16.6. The van der Waals surface area contributed by atoms with Gasteiger partial charge in [0, 0.05) is 18.1 Å². The number of alkyl halides is 6. The summed E-state index contributed by atoms with van der Waals surface area (Å²) in [6, 6.07) is 6.81. The summed E-state index contributed by atoms with van der Waals surface area (Å²) in [6.07, 6.45) is -10.1. The van der Waals surface area contributed by atoms with E-state index in [1.165, 1.54) is 20.0 Å². The Morgan fingerprint density at radius 3 is 2.25 bits per heavy atom. The molecule has 0 atom stereocenters. The van der Waals surface area contributed by atoms with Gasteiger partial charge in [-0.05, 0) is 42.8 Å². The Balaban J connectivity index is 2.22. The molecule has 0 aliphatic rings. The zero-order chi connectivity index (χ0) is 27.0. The number of hydrogen-bond acceptors (Lipinski definition) is 4. The number of anilines is 1. The number of rotatable bonds is 4. The Labute approximate surface area is 204 Å². The fourth-order valence-corrected chi connectivity index (χ4v) is 3.47. The van der Waals surface area contributed by atoms with Gasteiger partial charge in [-0.25, -0.2) is 4.68 Å². The number of hydrogen-bond donors (Lipinski definition) is 2. The first-order valence-corrected chi connectivity index (χ1v) is 10.2. The van der Waals surface area contributed by atoms with Gasteiger partial charge >= 0.3 is 12.4 Å². The van der Waals surface area contributed by atoms with Gasteiger partial charge in [0.15, 0.2) is 5.69 Å². The summed E-state index contributed by atoms with van der Waals surface area (Å²) in [5.41, 5.74) is -4.92. The molecule has 0 unspecified atom stereocenters. The third-order valence-electron chi connectivity index (χ3n) is 4.90. The van der Waals surface area contributed by atoms with Crippen LogP contribution < -0.4 is 10.6 Å². The summed E-state index contributed by atoms with van der Waals surface area (Å²) in [4.78, 5) is 25.4. The summed E-state index contributed by atoms with van der Waals surface area (Å²) in [7, 11) is 1.27. The normalized spacial score (nSPS) is 11.7. The van der Waals surface area contributed by atoms with E-state index in [1.807, 2.05) is 6.07 Å². The van der Waals surface area contributed by atoms with Gasteiger partial charge < -0.3 is 10.6 Å². The molecule has 2 N–H and O–H groups in total. The molecule has 0 aliphatic heterocycles. The van der Waals surface area contributed by atoms with Crippen LogP contribution in [0.25, 0.3) is 5.69 Å².